The number of carbonyl (C=O) groups excluding carboxylic acids is 1. The molecule has 0 atom stereocenters. The van der Waals surface area contributed by atoms with Gasteiger partial charge in [0.05, 0.1) is 27.5 Å². The van der Waals surface area contributed by atoms with E-state index in [9.17, 15) is 4.79 Å². The van der Waals surface area contributed by atoms with Crippen LogP contribution in [0.5, 0.6) is 17.2 Å². The van der Waals surface area contributed by atoms with Crippen LogP contribution >= 0.6 is 0 Å². The molecule has 0 radical (unpaired) electrons. The molecule has 0 saturated carbocycles. The molecule has 1 aromatic heterocycles. The van der Waals surface area contributed by atoms with Crippen LogP contribution in [0, 0.1) is 0 Å². The fourth-order valence-corrected chi connectivity index (χ4v) is 2.42. The Morgan fingerprint density at radius 3 is 2.00 bits per heavy atom. The molecule has 0 aliphatic carbocycles. The van der Waals surface area contributed by atoms with Crippen LogP contribution in [0.1, 0.15) is 10.4 Å². The summed E-state index contributed by atoms with van der Waals surface area (Å²) in [5.41, 5.74) is 0.843. The molecule has 0 aliphatic rings. The van der Waals surface area contributed by atoms with Crippen molar-refractivity contribution in [2.45, 2.75) is 0 Å². The van der Waals surface area contributed by atoms with Gasteiger partial charge in [-0.25, -0.2) is 4.98 Å². The standard InChI is InChI=1S/C18H25N5O4/c1-22(2)16-12(10-19-18(21-16)23(3)4)20-17(24)11-8-13(25-5)15(27-7)14(9-11)26-6/h8-10H,1-7H3,(H,20,24). The first-order valence-corrected chi connectivity index (χ1v) is 8.15. The second-order valence-electron chi connectivity index (χ2n) is 6.06. The van der Waals surface area contributed by atoms with E-state index in [1.54, 1.807) is 28.1 Å². The van der Waals surface area contributed by atoms with E-state index in [0.717, 1.165) is 0 Å². The normalized spacial score (nSPS) is 10.2. The van der Waals surface area contributed by atoms with Crippen LogP contribution in [0.4, 0.5) is 17.5 Å². The van der Waals surface area contributed by atoms with E-state index in [1.807, 2.05) is 28.2 Å². The molecule has 27 heavy (non-hydrogen) atoms. The summed E-state index contributed by atoms with van der Waals surface area (Å²) in [5, 5.41) is 2.84. The lowest BCUT2D eigenvalue weighted by Crippen LogP contribution is -2.21. The summed E-state index contributed by atoms with van der Waals surface area (Å²) in [5.74, 6) is 2.00. The van der Waals surface area contributed by atoms with E-state index >= 15 is 0 Å². The lowest BCUT2D eigenvalue weighted by molar-refractivity contribution is 0.102. The summed E-state index contributed by atoms with van der Waals surface area (Å²) in [7, 11) is 11.9. The number of amides is 1. The van der Waals surface area contributed by atoms with Crippen LogP contribution in [0.3, 0.4) is 0 Å². The Morgan fingerprint density at radius 2 is 1.56 bits per heavy atom. The summed E-state index contributed by atoms with van der Waals surface area (Å²) in [6.45, 7) is 0. The minimum absolute atomic E-state index is 0.349. The molecule has 2 rings (SSSR count). The Bertz CT molecular complexity index is 798. The number of aromatic nitrogens is 2. The number of ether oxygens (including phenoxy) is 3. The number of nitrogens with zero attached hydrogens (tertiary/aromatic N) is 4. The quantitative estimate of drug-likeness (QED) is 0.785. The fraction of sp³-hybridized carbons (Fsp3) is 0.389. The molecular weight excluding hydrogens is 350 g/mol. The molecule has 9 heteroatoms. The first-order chi connectivity index (χ1) is 12.8. The summed E-state index contributed by atoms with van der Waals surface area (Å²) < 4.78 is 15.9. The van der Waals surface area contributed by atoms with E-state index in [-0.39, 0.29) is 5.91 Å². The second-order valence-corrected chi connectivity index (χ2v) is 6.06. The predicted octanol–water partition coefficient (Wildman–Crippen LogP) is 1.89. The molecule has 1 aromatic carbocycles. The van der Waals surface area contributed by atoms with Gasteiger partial charge in [-0.1, -0.05) is 0 Å². The third-order valence-electron chi connectivity index (χ3n) is 3.75. The zero-order chi connectivity index (χ0) is 20.1. The molecule has 1 N–H and O–H groups in total. The Labute approximate surface area is 158 Å². The van der Waals surface area contributed by atoms with Gasteiger partial charge in [0.25, 0.3) is 5.91 Å². The summed E-state index contributed by atoms with van der Waals surface area (Å²) in [6, 6.07) is 3.17. The third-order valence-corrected chi connectivity index (χ3v) is 3.75. The van der Waals surface area contributed by atoms with Crippen LogP contribution < -0.4 is 29.3 Å². The van der Waals surface area contributed by atoms with Crippen LogP contribution in [0.25, 0.3) is 0 Å². The van der Waals surface area contributed by atoms with Crippen molar-refractivity contribution < 1.29 is 19.0 Å². The van der Waals surface area contributed by atoms with Crippen LogP contribution in [-0.2, 0) is 0 Å². The smallest absolute Gasteiger partial charge is 0.256 e. The number of carbonyl (C=O) groups is 1. The highest BCUT2D eigenvalue weighted by molar-refractivity contribution is 6.06. The zero-order valence-electron chi connectivity index (χ0n) is 16.7. The van der Waals surface area contributed by atoms with Gasteiger partial charge in [0.2, 0.25) is 11.7 Å². The van der Waals surface area contributed by atoms with Gasteiger partial charge in [-0.2, -0.15) is 4.98 Å². The van der Waals surface area contributed by atoms with Gasteiger partial charge < -0.3 is 29.3 Å². The molecule has 1 heterocycles. The van der Waals surface area contributed by atoms with Gasteiger partial charge in [-0.15, -0.1) is 0 Å². The highest BCUT2D eigenvalue weighted by Gasteiger charge is 2.19. The summed E-state index contributed by atoms with van der Waals surface area (Å²) >= 11 is 0. The maximum Gasteiger partial charge on any atom is 0.256 e. The van der Waals surface area contributed by atoms with Crippen LogP contribution in [-0.4, -0.2) is 65.4 Å². The van der Waals surface area contributed by atoms with E-state index in [4.69, 9.17) is 14.2 Å². The Morgan fingerprint density at radius 1 is 0.963 bits per heavy atom. The van der Waals surface area contributed by atoms with Gasteiger partial charge in [0.15, 0.2) is 17.3 Å². The number of hydrogen-bond donors (Lipinski definition) is 1. The number of hydrogen-bond acceptors (Lipinski definition) is 8. The van der Waals surface area contributed by atoms with Crippen molar-refractivity contribution in [2.24, 2.45) is 0 Å². The van der Waals surface area contributed by atoms with Gasteiger partial charge in [0, 0.05) is 33.8 Å². The maximum atomic E-state index is 12.8. The van der Waals surface area contributed by atoms with Crippen LogP contribution in [0.2, 0.25) is 0 Å². The average molecular weight is 375 g/mol. The Balaban J connectivity index is 2.40. The molecule has 1 amide bonds. The zero-order valence-corrected chi connectivity index (χ0v) is 16.7. The number of nitrogens with one attached hydrogen (secondary N) is 1. The first-order valence-electron chi connectivity index (χ1n) is 8.15. The van der Waals surface area contributed by atoms with Crippen molar-refractivity contribution in [3.05, 3.63) is 23.9 Å². The van der Waals surface area contributed by atoms with Crippen molar-refractivity contribution in [1.82, 2.24) is 9.97 Å². The molecule has 0 bridgehead atoms. The van der Waals surface area contributed by atoms with Gasteiger partial charge in [-0.05, 0) is 12.1 Å². The fourth-order valence-electron chi connectivity index (χ4n) is 2.42. The Hall–Kier alpha value is -3.23. The number of anilines is 3. The minimum atomic E-state index is -0.349. The SMILES string of the molecule is COc1cc(C(=O)Nc2cnc(N(C)C)nc2N(C)C)cc(OC)c1OC. The molecule has 0 saturated heterocycles. The van der Waals surface area contributed by atoms with Gasteiger partial charge in [0.1, 0.15) is 5.69 Å². The molecule has 0 aliphatic heterocycles. The van der Waals surface area contributed by atoms with Crippen molar-refractivity contribution >= 4 is 23.4 Å². The lowest BCUT2D eigenvalue weighted by Gasteiger charge is -2.19. The molecule has 2 aromatic rings. The molecule has 0 fully saturated rings. The van der Waals surface area contributed by atoms with Crippen molar-refractivity contribution in [3.63, 3.8) is 0 Å². The summed E-state index contributed by atoms with van der Waals surface area (Å²) in [6.07, 6.45) is 1.58. The van der Waals surface area contributed by atoms with E-state index in [0.29, 0.717) is 40.3 Å². The minimum Gasteiger partial charge on any atom is -0.493 e. The summed E-state index contributed by atoms with van der Waals surface area (Å²) in [4.78, 5) is 25.1. The van der Waals surface area contributed by atoms with Crippen molar-refractivity contribution in [2.75, 3.05) is 64.6 Å². The van der Waals surface area contributed by atoms with Gasteiger partial charge >= 0.3 is 0 Å². The number of benzene rings is 1. The topological polar surface area (TPSA) is 89.0 Å². The molecule has 9 nitrogen and oxygen atoms in total. The number of methoxy groups -OCH3 is 3. The largest absolute Gasteiger partial charge is 0.493 e. The van der Waals surface area contributed by atoms with Crippen molar-refractivity contribution in [3.8, 4) is 17.2 Å². The van der Waals surface area contributed by atoms with Crippen LogP contribution in [0.15, 0.2) is 18.3 Å². The molecule has 0 spiro atoms. The van der Waals surface area contributed by atoms with Gasteiger partial charge in [-0.3, -0.25) is 4.79 Å². The highest BCUT2D eigenvalue weighted by Crippen LogP contribution is 2.38. The number of rotatable bonds is 7. The second kappa shape index (κ2) is 8.43. The van der Waals surface area contributed by atoms with E-state index in [2.05, 4.69) is 15.3 Å². The highest BCUT2D eigenvalue weighted by atomic mass is 16.5. The van der Waals surface area contributed by atoms with Crippen molar-refractivity contribution in [1.29, 1.82) is 0 Å². The maximum absolute atomic E-state index is 12.8. The molecular formula is C18H25N5O4. The Kier molecular flexibility index (Phi) is 6.27. The van der Waals surface area contributed by atoms with E-state index < -0.39 is 0 Å². The lowest BCUT2D eigenvalue weighted by atomic mass is 10.1. The van der Waals surface area contributed by atoms with E-state index in [1.165, 1.54) is 21.3 Å². The monoisotopic (exact) mass is 375 g/mol. The predicted molar refractivity (Wildman–Crippen MR) is 105 cm³/mol. The molecule has 146 valence electrons. The average Bonchev–Trinajstić information content (AvgIpc) is 2.66. The first kappa shape index (κ1) is 20.1. The third kappa shape index (κ3) is 4.30. The molecule has 0 unspecified atom stereocenters.